The molecule has 1 aromatic rings. The molecule has 3 rings (SSSR count). The van der Waals surface area contributed by atoms with Gasteiger partial charge in [0.1, 0.15) is 5.82 Å². The Balaban J connectivity index is 1.78. The van der Waals surface area contributed by atoms with Crippen molar-refractivity contribution >= 4 is 5.69 Å². The van der Waals surface area contributed by atoms with Crippen molar-refractivity contribution in [2.45, 2.75) is 44.9 Å². The monoisotopic (exact) mass is 292 g/mol. The molecule has 0 bridgehead atoms. The fourth-order valence-electron chi connectivity index (χ4n) is 3.11. The molecular weight excluding hydrogens is 267 g/mol. The highest BCUT2D eigenvalue weighted by molar-refractivity contribution is 5.54. The largest absolute Gasteiger partial charge is 0.379 e. The van der Waals surface area contributed by atoms with Crippen molar-refractivity contribution in [3.63, 3.8) is 0 Å². The predicted molar refractivity (Wildman–Crippen MR) is 83.1 cm³/mol. The first-order chi connectivity index (χ1) is 10.2. The minimum atomic E-state index is -0.103. The summed E-state index contributed by atoms with van der Waals surface area (Å²) >= 11 is 0. The standard InChI is InChI=1S/C17H25FN2O/c1-12-8-9-20(11-17(12)21-2)16-5-3-4-15(18)14(16)10-19-13-6-7-13/h3-5,12-13,17,19H,6-11H2,1-2H3. The number of rotatable bonds is 5. The first kappa shape index (κ1) is 14.8. The molecule has 2 unspecified atom stereocenters. The van der Waals surface area contributed by atoms with E-state index in [0.29, 0.717) is 18.5 Å². The molecule has 0 amide bonds. The molecule has 1 aromatic carbocycles. The van der Waals surface area contributed by atoms with E-state index in [1.807, 2.05) is 12.1 Å². The molecular formula is C17H25FN2O. The number of halogens is 1. The lowest BCUT2D eigenvalue weighted by atomic mass is 9.95. The van der Waals surface area contributed by atoms with Crippen LogP contribution in [0.4, 0.5) is 10.1 Å². The normalized spacial score (nSPS) is 26.1. The van der Waals surface area contributed by atoms with Gasteiger partial charge in [0.2, 0.25) is 0 Å². The van der Waals surface area contributed by atoms with Crippen LogP contribution in [-0.4, -0.2) is 32.3 Å². The summed E-state index contributed by atoms with van der Waals surface area (Å²) in [4.78, 5) is 2.28. The number of hydrogen-bond acceptors (Lipinski definition) is 3. The zero-order valence-corrected chi connectivity index (χ0v) is 12.9. The minimum Gasteiger partial charge on any atom is -0.379 e. The van der Waals surface area contributed by atoms with Gasteiger partial charge in [0.25, 0.3) is 0 Å². The highest BCUT2D eigenvalue weighted by Crippen LogP contribution is 2.30. The van der Waals surface area contributed by atoms with Gasteiger partial charge >= 0.3 is 0 Å². The third kappa shape index (κ3) is 3.38. The van der Waals surface area contributed by atoms with E-state index < -0.39 is 0 Å². The Kier molecular flexibility index (Phi) is 4.45. The van der Waals surface area contributed by atoms with Gasteiger partial charge in [-0.1, -0.05) is 13.0 Å². The van der Waals surface area contributed by atoms with E-state index in [0.717, 1.165) is 30.8 Å². The van der Waals surface area contributed by atoms with Crippen LogP contribution in [0.15, 0.2) is 18.2 Å². The average molecular weight is 292 g/mol. The summed E-state index contributed by atoms with van der Waals surface area (Å²) < 4.78 is 19.8. The molecule has 1 aliphatic carbocycles. The van der Waals surface area contributed by atoms with Crippen molar-refractivity contribution in [1.29, 1.82) is 0 Å². The fourth-order valence-corrected chi connectivity index (χ4v) is 3.11. The second-order valence-electron chi connectivity index (χ2n) is 6.38. The van der Waals surface area contributed by atoms with E-state index in [-0.39, 0.29) is 11.9 Å². The van der Waals surface area contributed by atoms with E-state index in [1.165, 1.54) is 12.8 Å². The number of benzene rings is 1. The Bertz CT molecular complexity index is 490. The quantitative estimate of drug-likeness (QED) is 0.903. The molecule has 1 saturated heterocycles. The Morgan fingerprint density at radius 2 is 2.14 bits per heavy atom. The van der Waals surface area contributed by atoms with Crippen LogP contribution in [0.1, 0.15) is 31.7 Å². The highest BCUT2D eigenvalue weighted by atomic mass is 19.1. The number of nitrogens with zero attached hydrogens (tertiary/aromatic N) is 1. The first-order valence-electron chi connectivity index (χ1n) is 7.97. The molecule has 1 N–H and O–H groups in total. The Hall–Kier alpha value is -1.13. The molecule has 0 radical (unpaired) electrons. The van der Waals surface area contributed by atoms with Crippen molar-refractivity contribution in [2.75, 3.05) is 25.1 Å². The molecule has 2 aliphatic rings. The molecule has 0 spiro atoms. The van der Waals surface area contributed by atoms with Crippen molar-refractivity contribution in [3.8, 4) is 0 Å². The molecule has 2 fully saturated rings. The summed E-state index contributed by atoms with van der Waals surface area (Å²) in [6.45, 7) is 4.67. The van der Waals surface area contributed by atoms with Crippen LogP contribution in [0.2, 0.25) is 0 Å². The molecule has 1 aliphatic heterocycles. The summed E-state index contributed by atoms with van der Waals surface area (Å²) in [5, 5.41) is 3.43. The number of hydrogen-bond donors (Lipinski definition) is 1. The molecule has 3 nitrogen and oxygen atoms in total. The summed E-state index contributed by atoms with van der Waals surface area (Å²) in [7, 11) is 1.77. The maximum Gasteiger partial charge on any atom is 0.129 e. The molecule has 0 aromatic heterocycles. The third-order valence-electron chi connectivity index (χ3n) is 4.77. The maximum absolute atomic E-state index is 14.2. The molecule has 21 heavy (non-hydrogen) atoms. The van der Waals surface area contributed by atoms with E-state index >= 15 is 0 Å². The molecule has 1 heterocycles. The first-order valence-corrected chi connectivity index (χ1v) is 7.97. The summed E-state index contributed by atoms with van der Waals surface area (Å²) in [6, 6.07) is 6.00. The summed E-state index contributed by atoms with van der Waals surface area (Å²) in [6.07, 6.45) is 3.75. The van der Waals surface area contributed by atoms with Gasteiger partial charge in [0.15, 0.2) is 0 Å². The van der Waals surface area contributed by atoms with Crippen LogP contribution < -0.4 is 10.2 Å². The SMILES string of the molecule is COC1CN(c2cccc(F)c2CNC2CC2)CCC1C. The van der Waals surface area contributed by atoms with Crippen molar-refractivity contribution in [1.82, 2.24) is 5.32 Å². The van der Waals surface area contributed by atoms with E-state index in [2.05, 4.69) is 17.1 Å². The van der Waals surface area contributed by atoms with Gasteiger partial charge in [-0.3, -0.25) is 0 Å². The van der Waals surface area contributed by atoms with Crippen LogP contribution in [-0.2, 0) is 11.3 Å². The van der Waals surface area contributed by atoms with Gasteiger partial charge in [-0.2, -0.15) is 0 Å². The zero-order chi connectivity index (χ0) is 14.8. The third-order valence-corrected chi connectivity index (χ3v) is 4.77. The van der Waals surface area contributed by atoms with Crippen molar-refractivity contribution in [2.24, 2.45) is 5.92 Å². The van der Waals surface area contributed by atoms with Crippen LogP contribution >= 0.6 is 0 Å². The lowest BCUT2D eigenvalue weighted by molar-refractivity contribution is 0.0498. The lowest BCUT2D eigenvalue weighted by Crippen LogP contribution is -2.44. The van der Waals surface area contributed by atoms with Crippen LogP contribution in [0.5, 0.6) is 0 Å². The van der Waals surface area contributed by atoms with E-state index in [4.69, 9.17) is 4.74 Å². The molecule has 4 heteroatoms. The second-order valence-corrected chi connectivity index (χ2v) is 6.38. The Morgan fingerprint density at radius 1 is 1.33 bits per heavy atom. The smallest absolute Gasteiger partial charge is 0.129 e. The van der Waals surface area contributed by atoms with E-state index in [9.17, 15) is 4.39 Å². The number of methoxy groups -OCH3 is 1. The average Bonchev–Trinajstić information content (AvgIpc) is 3.30. The minimum absolute atomic E-state index is 0.103. The summed E-state index contributed by atoms with van der Waals surface area (Å²) in [5.41, 5.74) is 1.82. The maximum atomic E-state index is 14.2. The zero-order valence-electron chi connectivity index (χ0n) is 12.9. The predicted octanol–water partition coefficient (Wildman–Crippen LogP) is 2.94. The number of ether oxygens (including phenoxy) is 1. The van der Waals surface area contributed by atoms with Crippen LogP contribution in [0.3, 0.4) is 0 Å². The van der Waals surface area contributed by atoms with Crippen LogP contribution in [0, 0.1) is 11.7 Å². The second kappa shape index (κ2) is 6.32. The van der Waals surface area contributed by atoms with E-state index in [1.54, 1.807) is 13.2 Å². The Labute approximate surface area is 126 Å². The summed E-state index contributed by atoms with van der Waals surface area (Å²) in [5.74, 6) is 0.459. The number of nitrogens with one attached hydrogen (secondary N) is 1. The van der Waals surface area contributed by atoms with Gasteiger partial charge in [-0.05, 0) is 37.3 Å². The molecule has 2 atom stereocenters. The molecule has 1 saturated carbocycles. The van der Waals surface area contributed by atoms with Gasteiger partial charge in [-0.15, -0.1) is 0 Å². The Morgan fingerprint density at radius 3 is 2.86 bits per heavy atom. The van der Waals surface area contributed by atoms with Gasteiger partial charge < -0.3 is 15.0 Å². The molecule has 116 valence electrons. The van der Waals surface area contributed by atoms with Gasteiger partial charge in [0, 0.05) is 44.0 Å². The van der Waals surface area contributed by atoms with Crippen LogP contribution in [0.25, 0.3) is 0 Å². The van der Waals surface area contributed by atoms with Crippen molar-refractivity contribution < 1.29 is 9.13 Å². The number of anilines is 1. The van der Waals surface area contributed by atoms with Gasteiger partial charge in [0.05, 0.1) is 6.10 Å². The van der Waals surface area contributed by atoms with Crippen molar-refractivity contribution in [3.05, 3.63) is 29.6 Å². The highest BCUT2D eigenvalue weighted by Gasteiger charge is 2.28. The number of piperidine rings is 1. The lowest BCUT2D eigenvalue weighted by Gasteiger charge is -2.38. The van der Waals surface area contributed by atoms with Gasteiger partial charge in [-0.25, -0.2) is 4.39 Å². The fraction of sp³-hybridized carbons (Fsp3) is 0.647. The topological polar surface area (TPSA) is 24.5 Å².